The maximum atomic E-state index is 12.9. The Bertz CT molecular complexity index is 927. The number of nitrogens with zero attached hydrogens (tertiary/aromatic N) is 1. The fraction of sp³-hybridized carbons (Fsp3) is 0.550. The number of carbonyl (C=O) groups is 6. The molecule has 0 aromatic carbocycles. The van der Waals surface area contributed by atoms with E-state index < -0.39 is 66.1 Å². The normalized spacial score (nSPS) is 14.1. The molecule has 1 heterocycles. The van der Waals surface area contributed by atoms with Gasteiger partial charge in [0.2, 0.25) is 29.5 Å². The number of aliphatic carboxylic acids is 1. The summed E-state index contributed by atoms with van der Waals surface area (Å²) in [4.78, 5) is 78.8. The van der Waals surface area contributed by atoms with E-state index in [2.05, 4.69) is 25.9 Å². The Morgan fingerprint density at radius 3 is 2.11 bits per heavy atom. The second-order valence-corrected chi connectivity index (χ2v) is 8.85. The minimum absolute atomic E-state index is 0.0807. The van der Waals surface area contributed by atoms with Gasteiger partial charge in [0.25, 0.3) is 0 Å². The molecule has 200 valence electrons. The van der Waals surface area contributed by atoms with Crippen LogP contribution in [0, 0.1) is 0 Å². The smallest absolute Gasteiger partial charge is 0.326 e. The van der Waals surface area contributed by atoms with Crippen molar-refractivity contribution in [2.75, 3.05) is 12.0 Å². The molecule has 0 saturated heterocycles. The molecule has 0 aliphatic heterocycles. The highest BCUT2D eigenvalue weighted by atomic mass is 32.2. The van der Waals surface area contributed by atoms with Crippen LogP contribution in [0.5, 0.6) is 0 Å². The van der Waals surface area contributed by atoms with Gasteiger partial charge in [-0.25, -0.2) is 9.78 Å². The fourth-order valence-electron chi connectivity index (χ4n) is 3.01. The van der Waals surface area contributed by atoms with E-state index in [9.17, 15) is 33.9 Å². The molecule has 0 fully saturated rings. The SMILES string of the molecule is CSCCC(NC(=O)C(CC(N)=O)NC(=O)C(N)Cc1cnc[nH]1)C(=O)NC(CCC(N)=O)C(=O)O. The number of carbonyl (C=O) groups excluding carboxylic acids is 5. The van der Waals surface area contributed by atoms with Crippen molar-refractivity contribution in [1.29, 1.82) is 0 Å². The number of amides is 5. The third-order valence-electron chi connectivity index (χ3n) is 4.91. The first-order valence-electron chi connectivity index (χ1n) is 10.9. The van der Waals surface area contributed by atoms with Gasteiger partial charge in [0.1, 0.15) is 18.1 Å². The summed E-state index contributed by atoms with van der Waals surface area (Å²) in [5.74, 6) is -5.05. The molecule has 1 aromatic heterocycles. The van der Waals surface area contributed by atoms with E-state index in [0.29, 0.717) is 11.4 Å². The molecule has 1 aromatic rings. The topological polar surface area (TPSA) is 265 Å². The van der Waals surface area contributed by atoms with Gasteiger partial charge in [0.05, 0.1) is 18.8 Å². The zero-order valence-corrected chi connectivity index (χ0v) is 20.5. The highest BCUT2D eigenvalue weighted by molar-refractivity contribution is 7.98. The molecule has 0 aliphatic rings. The molecule has 0 radical (unpaired) electrons. The third kappa shape index (κ3) is 11.2. The Morgan fingerprint density at radius 2 is 1.58 bits per heavy atom. The maximum Gasteiger partial charge on any atom is 0.326 e. The van der Waals surface area contributed by atoms with Crippen LogP contribution in [-0.4, -0.2) is 86.8 Å². The zero-order chi connectivity index (χ0) is 27.3. The van der Waals surface area contributed by atoms with Crippen LogP contribution in [0.1, 0.15) is 31.4 Å². The quantitative estimate of drug-likeness (QED) is 0.0998. The van der Waals surface area contributed by atoms with Crippen LogP contribution in [-0.2, 0) is 35.2 Å². The molecule has 16 heteroatoms. The van der Waals surface area contributed by atoms with E-state index in [1.54, 1.807) is 6.26 Å². The van der Waals surface area contributed by atoms with Gasteiger partial charge in [-0.05, 0) is 24.9 Å². The van der Waals surface area contributed by atoms with Crippen molar-refractivity contribution in [1.82, 2.24) is 25.9 Å². The van der Waals surface area contributed by atoms with E-state index in [1.165, 1.54) is 24.3 Å². The molecule has 0 saturated carbocycles. The number of nitrogens with one attached hydrogen (secondary N) is 4. The lowest BCUT2D eigenvalue weighted by Crippen LogP contribution is -2.58. The summed E-state index contributed by atoms with van der Waals surface area (Å²) in [7, 11) is 0. The van der Waals surface area contributed by atoms with Gasteiger partial charge < -0.3 is 43.2 Å². The van der Waals surface area contributed by atoms with Crippen LogP contribution in [0.3, 0.4) is 0 Å². The average molecular weight is 529 g/mol. The summed E-state index contributed by atoms with van der Waals surface area (Å²) in [6, 6.07) is -5.13. The van der Waals surface area contributed by atoms with Crippen molar-refractivity contribution >= 4 is 47.3 Å². The lowest BCUT2D eigenvalue weighted by molar-refractivity contribution is -0.142. The second kappa shape index (κ2) is 15.4. The van der Waals surface area contributed by atoms with Crippen LogP contribution < -0.4 is 33.2 Å². The molecule has 4 atom stereocenters. The van der Waals surface area contributed by atoms with Crippen LogP contribution in [0.4, 0.5) is 0 Å². The Balaban J connectivity index is 2.93. The Kier molecular flexibility index (Phi) is 13.0. The second-order valence-electron chi connectivity index (χ2n) is 7.87. The summed E-state index contributed by atoms with van der Waals surface area (Å²) in [5.41, 5.74) is 16.7. The number of aromatic amines is 1. The molecular formula is C20H32N8O7S. The number of thioether (sulfide) groups is 1. The van der Waals surface area contributed by atoms with Crippen LogP contribution in [0.2, 0.25) is 0 Å². The number of carboxylic acids is 1. The van der Waals surface area contributed by atoms with Crippen molar-refractivity contribution in [2.24, 2.45) is 17.2 Å². The first kappa shape index (κ1) is 30.4. The third-order valence-corrected chi connectivity index (χ3v) is 5.55. The van der Waals surface area contributed by atoms with Gasteiger partial charge in [-0.3, -0.25) is 24.0 Å². The summed E-state index contributed by atoms with van der Waals surface area (Å²) in [6.45, 7) is 0. The van der Waals surface area contributed by atoms with Crippen molar-refractivity contribution in [3.05, 3.63) is 18.2 Å². The number of H-pyrrole nitrogens is 1. The first-order valence-corrected chi connectivity index (χ1v) is 12.3. The standard InChI is InChI=1S/C20H32N8O7S/c1-36-5-4-12(18(32)27-13(20(34)35)2-3-15(22)29)26-19(33)14(7-16(23)30)28-17(31)11(21)6-10-8-24-9-25-10/h8-9,11-14H,2-7,21H2,1H3,(H2,22,29)(H2,23,30)(H,24,25)(H,26,33)(H,27,32)(H,28,31)(H,34,35). The Morgan fingerprint density at radius 1 is 0.972 bits per heavy atom. The van der Waals surface area contributed by atoms with Crippen LogP contribution in [0.25, 0.3) is 0 Å². The number of carboxylic acid groups (broad SMARTS) is 1. The number of nitrogens with two attached hydrogens (primary N) is 3. The molecule has 0 spiro atoms. The summed E-state index contributed by atoms with van der Waals surface area (Å²) in [6.07, 6.45) is 3.76. The highest BCUT2D eigenvalue weighted by Gasteiger charge is 2.31. The highest BCUT2D eigenvalue weighted by Crippen LogP contribution is 2.06. The predicted octanol–water partition coefficient (Wildman–Crippen LogP) is -3.29. The largest absolute Gasteiger partial charge is 0.480 e. The van der Waals surface area contributed by atoms with Crippen LogP contribution in [0.15, 0.2) is 12.5 Å². The number of primary amides is 2. The number of hydrogen-bond acceptors (Lipinski definition) is 9. The molecular weight excluding hydrogens is 496 g/mol. The molecule has 0 aliphatic carbocycles. The van der Waals surface area contributed by atoms with Crippen molar-refractivity contribution in [3.63, 3.8) is 0 Å². The van der Waals surface area contributed by atoms with E-state index in [4.69, 9.17) is 17.2 Å². The average Bonchev–Trinajstić information content (AvgIpc) is 3.30. The fourth-order valence-corrected chi connectivity index (χ4v) is 3.48. The van der Waals surface area contributed by atoms with Crippen molar-refractivity contribution in [3.8, 4) is 0 Å². The van der Waals surface area contributed by atoms with Gasteiger partial charge in [0, 0.05) is 24.7 Å². The molecule has 4 unspecified atom stereocenters. The first-order chi connectivity index (χ1) is 16.9. The minimum atomic E-state index is -1.43. The Hall–Kier alpha value is -3.66. The molecule has 15 nitrogen and oxygen atoms in total. The molecule has 36 heavy (non-hydrogen) atoms. The van der Waals surface area contributed by atoms with Gasteiger partial charge in [-0.15, -0.1) is 0 Å². The van der Waals surface area contributed by atoms with Gasteiger partial charge in [-0.1, -0.05) is 0 Å². The Labute approximate surface area is 211 Å². The summed E-state index contributed by atoms with van der Waals surface area (Å²) in [5, 5.41) is 16.4. The monoisotopic (exact) mass is 528 g/mol. The predicted molar refractivity (Wildman–Crippen MR) is 129 cm³/mol. The van der Waals surface area contributed by atoms with E-state index >= 15 is 0 Å². The van der Waals surface area contributed by atoms with Gasteiger partial charge in [-0.2, -0.15) is 11.8 Å². The lowest BCUT2D eigenvalue weighted by atomic mass is 10.1. The summed E-state index contributed by atoms with van der Waals surface area (Å²) >= 11 is 1.37. The summed E-state index contributed by atoms with van der Waals surface area (Å²) < 4.78 is 0. The van der Waals surface area contributed by atoms with Gasteiger partial charge in [0.15, 0.2) is 0 Å². The van der Waals surface area contributed by atoms with E-state index in [0.717, 1.165) is 0 Å². The van der Waals surface area contributed by atoms with E-state index in [1.807, 2.05) is 0 Å². The molecule has 11 N–H and O–H groups in total. The van der Waals surface area contributed by atoms with E-state index in [-0.39, 0.29) is 25.7 Å². The van der Waals surface area contributed by atoms with Crippen molar-refractivity contribution in [2.45, 2.75) is 56.3 Å². The van der Waals surface area contributed by atoms with Gasteiger partial charge >= 0.3 is 5.97 Å². The van der Waals surface area contributed by atoms with Crippen molar-refractivity contribution < 1.29 is 33.9 Å². The molecule has 1 rings (SSSR count). The maximum absolute atomic E-state index is 12.9. The lowest BCUT2D eigenvalue weighted by Gasteiger charge is -2.24. The molecule has 0 bridgehead atoms. The minimum Gasteiger partial charge on any atom is -0.480 e. The molecule has 5 amide bonds. The number of imidazole rings is 1. The van der Waals surface area contributed by atoms with Crippen LogP contribution >= 0.6 is 11.8 Å². The zero-order valence-electron chi connectivity index (χ0n) is 19.7. The number of hydrogen-bond donors (Lipinski definition) is 8. The number of rotatable bonds is 17. The number of aromatic nitrogens is 2.